The van der Waals surface area contributed by atoms with Crippen molar-refractivity contribution in [2.75, 3.05) is 10.2 Å². The second kappa shape index (κ2) is 9.90. The first-order chi connectivity index (χ1) is 17.0. The minimum atomic E-state index is -0.763. The fourth-order valence-corrected chi connectivity index (χ4v) is 5.18. The van der Waals surface area contributed by atoms with Gasteiger partial charge in [0.25, 0.3) is 5.91 Å². The van der Waals surface area contributed by atoms with Gasteiger partial charge in [0.1, 0.15) is 5.69 Å². The maximum atomic E-state index is 13.0. The van der Waals surface area contributed by atoms with Crippen LogP contribution < -0.4 is 19.5 Å². The highest BCUT2D eigenvalue weighted by atomic mass is 16.5. The molecule has 6 heteroatoms. The number of nitrogens with one attached hydrogen (secondary N) is 1. The molecule has 1 unspecified atom stereocenters. The Labute approximate surface area is 206 Å². The number of imide groups is 1. The minimum Gasteiger partial charge on any atom is -0.473 e. The number of aromatic nitrogens is 1. The predicted molar refractivity (Wildman–Crippen MR) is 136 cm³/mol. The Morgan fingerprint density at radius 1 is 1.03 bits per heavy atom. The Morgan fingerprint density at radius 3 is 2.43 bits per heavy atom. The van der Waals surface area contributed by atoms with Crippen molar-refractivity contribution in [2.24, 2.45) is 5.92 Å². The third-order valence-corrected chi connectivity index (χ3v) is 7.33. The molecule has 35 heavy (non-hydrogen) atoms. The molecule has 1 aliphatic carbocycles. The van der Waals surface area contributed by atoms with Gasteiger partial charge in [-0.1, -0.05) is 43.7 Å². The summed E-state index contributed by atoms with van der Waals surface area (Å²) in [5.41, 5.74) is 3.47. The lowest BCUT2D eigenvalue weighted by Gasteiger charge is -2.30. The molecule has 6 nitrogen and oxygen atoms in total. The van der Waals surface area contributed by atoms with E-state index in [4.69, 9.17) is 4.74 Å². The molecule has 0 saturated heterocycles. The number of urea groups is 1. The second-order valence-corrected chi connectivity index (χ2v) is 9.55. The molecule has 1 saturated carbocycles. The fourth-order valence-electron chi connectivity index (χ4n) is 5.18. The van der Waals surface area contributed by atoms with Gasteiger partial charge in [-0.2, -0.15) is 4.57 Å². The highest BCUT2D eigenvalue weighted by molar-refractivity contribution is 6.21. The maximum absolute atomic E-state index is 13.0. The average molecular weight is 471 g/mol. The fraction of sp³-hybridized carbons (Fsp3) is 0.345. The van der Waals surface area contributed by atoms with E-state index in [2.05, 4.69) is 36.5 Å². The molecule has 0 radical (unpaired) electrons. The number of carbonyl (C=O) groups is 2. The Hall–Kier alpha value is -3.67. The van der Waals surface area contributed by atoms with Gasteiger partial charge in [0.15, 0.2) is 12.3 Å². The number of rotatable bonds is 4. The molecule has 1 fully saturated rings. The van der Waals surface area contributed by atoms with Gasteiger partial charge in [-0.3, -0.25) is 4.79 Å². The Morgan fingerprint density at radius 2 is 1.74 bits per heavy atom. The van der Waals surface area contributed by atoms with Gasteiger partial charge in [0.2, 0.25) is 17.6 Å². The number of nitrogens with zero attached hydrogens (tertiary/aromatic N) is 2. The molecule has 2 aliphatic rings. The molecule has 3 amide bonds. The van der Waals surface area contributed by atoms with Gasteiger partial charge in [-0.05, 0) is 62.1 Å². The smallest absolute Gasteiger partial charge is 0.333 e. The lowest BCUT2D eigenvalue weighted by atomic mass is 9.78. The van der Waals surface area contributed by atoms with Crippen LogP contribution in [0.1, 0.15) is 57.4 Å². The topological polar surface area (TPSA) is 62.5 Å². The summed E-state index contributed by atoms with van der Waals surface area (Å²) in [5.74, 6) is 1.63. The minimum absolute atomic E-state index is 0.397. The van der Waals surface area contributed by atoms with Crippen molar-refractivity contribution in [3.05, 3.63) is 78.6 Å². The van der Waals surface area contributed by atoms with Crippen molar-refractivity contribution in [3.63, 3.8) is 0 Å². The first-order valence-corrected chi connectivity index (χ1v) is 12.6. The van der Waals surface area contributed by atoms with Crippen LogP contribution in [0, 0.1) is 5.92 Å². The zero-order chi connectivity index (χ0) is 24.4. The van der Waals surface area contributed by atoms with Crippen LogP contribution in [-0.4, -0.2) is 18.0 Å². The van der Waals surface area contributed by atoms with E-state index in [0.717, 1.165) is 16.5 Å². The third kappa shape index (κ3) is 4.78. The number of para-hydroxylation sites is 1. The van der Waals surface area contributed by atoms with Gasteiger partial charge in [0.05, 0.1) is 0 Å². The highest BCUT2D eigenvalue weighted by Gasteiger charge is 2.37. The first-order valence-electron chi connectivity index (χ1n) is 12.6. The SMILES string of the molecule is CCC1CCC(c2ccc(-[n+]3ccc4c(c3)OC(C)C(=O)N4C(=O)Nc3ccccc3)cc2)CC1. The number of hydrogen-bond acceptors (Lipinski definition) is 3. The molecule has 2 heterocycles. The van der Waals surface area contributed by atoms with Crippen molar-refractivity contribution >= 4 is 23.3 Å². The van der Waals surface area contributed by atoms with Crippen molar-refractivity contribution in [1.82, 2.24) is 0 Å². The van der Waals surface area contributed by atoms with E-state index in [1.54, 1.807) is 25.1 Å². The number of fused-ring (bicyclic) bond motifs is 1. The molecule has 1 aliphatic heterocycles. The first kappa shape index (κ1) is 23.1. The van der Waals surface area contributed by atoms with E-state index in [0.29, 0.717) is 23.0 Å². The lowest BCUT2D eigenvalue weighted by Crippen LogP contribution is -2.50. The van der Waals surface area contributed by atoms with E-state index < -0.39 is 18.0 Å². The Balaban J connectivity index is 1.36. The van der Waals surface area contributed by atoms with Crippen LogP contribution in [0.4, 0.5) is 16.2 Å². The van der Waals surface area contributed by atoms with Crippen molar-refractivity contribution in [2.45, 2.75) is 58.0 Å². The summed E-state index contributed by atoms with van der Waals surface area (Å²) in [5, 5.41) is 2.80. The van der Waals surface area contributed by atoms with Gasteiger partial charge < -0.3 is 10.1 Å². The van der Waals surface area contributed by atoms with E-state index in [1.165, 1.54) is 37.7 Å². The Kier molecular flexibility index (Phi) is 6.53. The summed E-state index contributed by atoms with van der Waals surface area (Å²) in [6, 6.07) is 19.1. The number of benzene rings is 2. The zero-order valence-corrected chi connectivity index (χ0v) is 20.3. The van der Waals surface area contributed by atoms with Crippen molar-refractivity contribution in [1.29, 1.82) is 0 Å². The molecule has 180 valence electrons. The summed E-state index contributed by atoms with van der Waals surface area (Å²) in [7, 11) is 0. The summed E-state index contributed by atoms with van der Waals surface area (Å²) in [6.45, 7) is 3.96. The molecule has 5 rings (SSSR count). The number of pyridine rings is 1. The van der Waals surface area contributed by atoms with Gasteiger partial charge in [-0.25, -0.2) is 9.69 Å². The highest BCUT2D eigenvalue weighted by Crippen LogP contribution is 2.37. The number of anilines is 2. The summed E-state index contributed by atoms with van der Waals surface area (Å²) in [4.78, 5) is 27.0. The van der Waals surface area contributed by atoms with Gasteiger partial charge in [0, 0.05) is 23.9 Å². The molecular formula is C29H32N3O3+. The van der Waals surface area contributed by atoms with Gasteiger partial charge in [-0.15, -0.1) is 0 Å². The van der Waals surface area contributed by atoms with Crippen LogP contribution in [0.5, 0.6) is 5.75 Å². The number of ether oxygens (including phenoxy) is 1. The molecule has 0 bridgehead atoms. The van der Waals surface area contributed by atoms with E-state index in [9.17, 15) is 9.59 Å². The second-order valence-electron chi connectivity index (χ2n) is 9.55. The van der Waals surface area contributed by atoms with Crippen LogP contribution in [-0.2, 0) is 4.79 Å². The summed E-state index contributed by atoms with van der Waals surface area (Å²) in [6.07, 6.45) is 9.40. The largest absolute Gasteiger partial charge is 0.473 e. The maximum Gasteiger partial charge on any atom is 0.333 e. The van der Waals surface area contributed by atoms with Crippen LogP contribution >= 0.6 is 0 Å². The normalized spacial score (nSPS) is 21.7. The Bertz CT molecular complexity index is 1200. The number of carbonyl (C=O) groups excluding carboxylic acids is 2. The van der Waals surface area contributed by atoms with Gasteiger partial charge >= 0.3 is 6.03 Å². The molecule has 1 aromatic heterocycles. The molecule has 2 aromatic carbocycles. The standard InChI is InChI=1S/C29H31N3O3/c1-3-21-9-11-22(12-10-21)23-13-15-25(16-14-23)31-18-17-26-27(19-31)35-20(2)28(33)32(26)29(34)30-24-7-5-4-6-8-24/h4-8,13-22H,3,9-12H2,1-2H3/p+1. The van der Waals surface area contributed by atoms with Crippen LogP contribution in [0.25, 0.3) is 5.69 Å². The monoisotopic (exact) mass is 470 g/mol. The predicted octanol–water partition coefficient (Wildman–Crippen LogP) is 5.99. The average Bonchev–Trinajstić information content (AvgIpc) is 2.90. The van der Waals surface area contributed by atoms with E-state index in [1.807, 2.05) is 35.2 Å². The molecule has 0 spiro atoms. The zero-order valence-electron chi connectivity index (χ0n) is 20.3. The van der Waals surface area contributed by atoms with Crippen molar-refractivity contribution < 1.29 is 18.9 Å². The van der Waals surface area contributed by atoms with Crippen LogP contribution in [0.15, 0.2) is 73.1 Å². The molecule has 3 aromatic rings. The van der Waals surface area contributed by atoms with Crippen molar-refractivity contribution in [3.8, 4) is 11.4 Å². The quantitative estimate of drug-likeness (QED) is 0.476. The number of hydrogen-bond donors (Lipinski definition) is 1. The summed E-state index contributed by atoms with van der Waals surface area (Å²) >= 11 is 0. The molecule has 1 N–H and O–H groups in total. The lowest BCUT2D eigenvalue weighted by molar-refractivity contribution is -0.596. The third-order valence-electron chi connectivity index (χ3n) is 7.33. The molecular weight excluding hydrogens is 438 g/mol. The van der Waals surface area contributed by atoms with E-state index in [-0.39, 0.29) is 0 Å². The summed E-state index contributed by atoms with van der Waals surface area (Å²) < 4.78 is 7.85. The van der Waals surface area contributed by atoms with E-state index >= 15 is 0 Å². The molecule has 1 atom stereocenters. The van der Waals surface area contributed by atoms with Crippen LogP contribution in [0.2, 0.25) is 0 Å². The number of amides is 3. The van der Waals surface area contributed by atoms with Crippen LogP contribution in [0.3, 0.4) is 0 Å².